The molecule has 1 aromatic rings. The smallest absolute Gasteiger partial charge is 0.304 e. The third-order valence-corrected chi connectivity index (χ3v) is 2.96. The minimum absolute atomic E-state index is 0.178. The molecule has 1 N–H and O–H groups in total. The molecule has 112 valence electrons. The van der Waals surface area contributed by atoms with Crippen LogP contribution in [0, 0.1) is 0 Å². The van der Waals surface area contributed by atoms with Crippen molar-refractivity contribution in [2.75, 3.05) is 19.7 Å². The zero-order chi connectivity index (χ0) is 14.8. The largest absolute Gasteiger partial charge is 0.481 e. The summed E-state index contributed by atoms with van der Waals surface area (Å²) in [6, 6.07) is 10.1. The molecule has 0 atom stereocenters. The van der Waals surface area contributed by atoms with E-state index >= 15 is 0 Å². The molecule has 0 bridgehead atoms. The Kier molecular flexibility index (Phi) is 7.92. The van der Waals surface area contributed by atoms with Gasteiger partial charge in [0, 0.05) is 26.2 Å². The first kappa shape index (κ1) is 16.7. The fourth-order valence-electron chi connectivity index (χ4n) is 1.97. The Morgan fingerprint density at radius 1 is 1.25 bits per heavy atom. The van der Waals surface area contributed by atoms with Gasteiger partial charge < -0.3 is 9.84 Å². The molecule has 0 amide bonds. The van der Waals surface area contributed by atoms with E-state index in [1.165, 1.54) is 5.56 Å². The highest BCUT2D eigenvalue weighted by molar-refractivity contribution is 5.66. The molecule has 0 saturated carbocycles. The molecule has 0 unspecified atom stereocenters. The summed E-state index contributed by atoms with van der Waals surface area (Å²) in [4.78, 5) is 12.9. The summed E-state index contributed by atoms with van der Waals surface area (Å²) in [6.07, 6.45) is 1.35. The van der Waals surface area contributed by atoms with Gasteiger partial charge in [-0.15, -0.1) is 0 Å². The fraction of sp³-hybridized carbons (Fsp3) is 0.562. The van der Waals surface area contributed by atoms with Crippen molar-refractivity contribution in [2.45, 2.75) is 39.3 Å². The third-order valence-electron chi connectivity index (χ3n) is 2.96. The van der Waals surface area contributed by atoms with E-state index in [1.807, 2.05) is 32.0 Å². The van der Waals surface area contributed by atoms with Gasteiger partial charge in [0.05, 0.1) is 12.5 Å². The van der Waals surface area contributed by atoms with Crippen molar-refractivity contribution >= 4 is 5.97 Å². The van der Waals surface area contributed by atoms with Crippen molar-refractivity contribution in [1.82, 2.24) is 4.90 Å². The van der Waals surface area contributed by atoms with Gasteiger partial charge in [-0.3, -0.25) is 9.69 Å². The highest BCUT2D eigenvalue weighted by atomic mass is 16.5. The van der Waals surface area contributed by atoms with Gasteiger partial charge in [-0.05, 0) is 25.8 Å². The summed E-state index contributed by atoms with van der Waals surface area (Å²) >= 11 is 0. The number of hydrogen-bond acceptors (Lipinski definition) is 3. The van der Waals surface area contributed by atoms with Crippen LogP contribution in [0.1, 0.15) is 32.3 Å². The zero-order valence-electron chi connectivity index (χ0n) is 12.4. The molecule has 0 saturated heterocycles. The molecular formula is C16H25NO3. The quantitative estimate of drug-likeness (QED) is 0.669. The number of carbonyl (C=O) groups is 1. The molecule has 4 heteroatoms. The number of rotatable bonds is 10. The molecule has 1 aromatic carbocycles. The number of carboxylic acid groups (broad SMARTS) is 1. The van der Waals surface area contributed by atoms with Crippen LogP contribution in [0.3, 0.4) is 0 Å². The van der Waals surface area contributed by atoms with Crippen molar-refractivity contribution in [3.63, 3.8) is 0 Å². The summed E-state index contributed by atoms with van der Waals surface area (Å²) in [5, 5.41) is 8.82. The summed E-state index contributed by atoms with van der Waals surface area (Å²) in [5.74, 6) is -0.749. The van der Waals surface area contributed by atoms with Gasteiger partial charge in [0.1, 0.15) is 0 Å². The highest BCUT2D eigenvalue weighted by Crippen LogP contribution is 2.06. The number of hydrogen-bond donors (Lipinski definition) is 1. The molecular weight excluding hydrogens is 254 g/mol. The lowest BCUT2D eigenvalue weighted by Gasteiger charge is -2.22. The molecule has 0 aliphatic carbocycles. The van der Waals surface area contributed by atoms with Crippen molar-refractivity contribution in [2.24, 2.45) is 0 Å². The van der Waals surface area contributed by atoms with Gasteiger partial charge in [0.2, 0.25) is 0 Å². The van der Waals surface area contributed by atoms with E-state index in [1.54, 1.807) is 0 Å². The Morgan fingerprint density at radius 2 is 1.95 bits per heavy atom. The second-order valence-corrected chi connectivity index (χ2v) is 5.18. The summed E-state index contributed by atoms with van der Waals surface area (Å²) in [5.41, 5.74) is 1.21. The number of nitrogens with zero attached hydrogens (tertiary/aromatic N) is 1. The van der Waals surface area contributed by atoms with E-state index in [0.29, 0.717) is 6.54 Å². The van der Waals surface area contributed by atoms with Gasteiger partial charge in [-0.2, -0.15) is 0 Å². The van der Waals surface area contributed by atoms with Crippen LogP contribution in [0.5, 0.6) is 0 Å². The van der Waals surface area contributed by atoms with Gasteiger partial charge in [-0.1, -0.05) is 30.3 Å². The Morgan fingerprint density at radius 3 is 2.55 bits per heavy atom. The number of carboxylic acids is 1. The lowest BCUT2D eigenvalue weighted by Crippen LogP contribution is -2.28. The number of aliphatic carboxylic acids is 1. The number of benzene rings is 1. The maximum absolute atomic E-state index is 10.7. The summed E-state index contributed by atoms with van der Waals surface area (Å²) in [6.45, 7) is 6.98. The van der Waals surface area contributed by atoms with E-state index in [-0.39, 0.29) is 12.5 Å². The van der Waals surface area contributed by atoms with Crippen LogP contribution in [-0.2, 0) is 16.1 Å². The first-order valence-corrected chi connectivity index (χ1v) is 7.17. The Balaban J connectivity index is 2.41. The minimum atomic E-state index is -0.749. The normalized spacial score (nSPS) is 11.2. The molecule has 1 rings (SSSR count). The Labute approximate surface area is 121 Å². The van der Waals surface area contributed by atoms with Crippen molar-refractivity contribution in [1.29, 1.82) is 0 Å². The lowest BCUT2D eigenvalue weighted by molar-refractivity contribution is -0.137. The van der Waals surface area contributed by atoms with E-state index in [9.17, 15) is 4.79 Å². The Hall–Kier alpha value is -1.39. The molecule has 0 aliphatic rings. The van der Waals surface area contributed by atoms with Crippen LogP contribution in [0.2, 0.25) is 0 Å². The average Bonchev–Trinajstić information content (AvgIpc) is 2.41. The topological polar surface area (TPSA) is 49.8 Å². The molecule has 0 aliphatic heterocycles. The Bertz CT molecular complexity index is 379. The first-order chi connectivity index (χ1) is 9.58. The molecule has 0 heterocycles. The van der Waals surface area contributed by atoms with E-state index in [4.69, 9.17) is 9.84 Å². The minimum Gasteiger partial charge on any atom is -0.481 e. The first-order valence-electron chi connectivity index (χ1n) is 7.17. The van der Waals surface area contributed by atoms with E-state index in [2.05, 4.69) is 17.0 Å². The van der Waals surface area contributed by atoms with Gasteiger partial charge in [0.25, 0.3) is 0 Å². The van der Waals surface area contributed by atoms with Crippen LogP contribution in [0.4, 0.5) is 0 Å². The lowest BCUT2D eigenvalue weighted by atomic mass is 10.2. The monoisotopic (exact) mass is 279 g/mol. The van der Waals surface area contributed by atoms with Gasteiger partial charge in [-0.25, -0.2) is 0 Å². The highest BCUT2D eigenvalue weighted by Gasteiger charge is 2.08. The molecule has 4 nitrogen and oxygen atoms in total. The van der Waals surface area contributed by atoms with Crippen LogP contribution in [0.15, 0.2) is 30.3 Å². The van der Waals surface area contributed by atoms with Crippen LogP contribution in [0.25, 0.3) is 0 Å². The van der Waals surface area contributed by atoms with Crippen LogP contribution >= 0.6 is 0 Å². The number of ether oxygens (including phenoxy) is 1. The van der Waals surface area contributed by atoms with Gasteiger partial charge in [0.15, 0.2) is 0 Å². The SMILES string of the molecule is CC(C)OCCCN(CCC(=O)O)Cc1ccccc1. The third kappa shape index (κ3) is 7.92. The molecule has 0 spiro atoms. The molecule has 0 radical (unpaired) electrons. The maximum Gasteiger partial charge on any atom is 0.304 e. The van der Waals surface area contributed by atoms with Crippen molar-refractivity contribution < 1.29 is 14.6 Å². The average molecular weight is 279 g/mol. The van der Waals surface area contributed by atoms with Crippen LogP contribution < -0.4 is 0 Å². The molecule has 0 fully saturated rings. The maximum atomic E-state index is 10.7. The molecule has 20 heavy (non-hydrogen) atoms. The second-order valence-electron chi connectivity index (χ2n) is 5.18. The standard InChI is InChI=1S/C16H25NO3/c1-14(2)20-12-6-10-17(11-9-16(18)19)13-15-7-4-3-5-8-15/h3-5,7-8,14H,6,9-13H2,1-2H3,(H,18,19). The van der Waals surface area contributed by atoms with E-state index < -0.39 is 5.97 Å². The van der Waals surface area contributed by atoms with Crippen molar-refractivity contribution in [3.05, 3.63) is 35.9 Å². The van der Waals surface area contributed by atoms with Crippen LogP contribution in [-0.4, -0.2) is 41.8 Å². The van der Waals surface area contributed by atoms with E-state index in [0.717, 1.165) is 26.1 Å². The summed E-state index contributed by atoms with van der Waals surface area (Å²) in [7, 11) is 0. The predicted molar refractivity (Wildman–Crippen MR) is 79.7 cm³/mol. The second kappa shape index (κ2) is 9.50. The predicted octanol–water partition coefficient (Wildman–Crippen LogP) is 2.78. The van der Waals surface area contributed by atoms with Gasteiger partial charge >= 0.3 is 5.97 Å². The van der Waals surface area contributed by atoms with Crippen molar-refractivity contribution in [3.8, 4) is 0 Å². The molecule has 0 aromatic heterocycles. The fourth-order valence-corrected chi connectivity index (χ4v) is 1.97. The zero-order valence-corrected chi connectivity index (χ0v) is 12.4. The summed E-state index contributed by atoms with van der Waals surface area (Å²) < 4.78 is 5.53.